The summed E-state index contributed by atoms with van der Waals surface area (Å²) in [5.74, 6) is -0.407. The van der Waals surface area contributed by atoms with Gasteiger partial charge < -0.3 is 14.6 Å². The van der Waals surface area contributed by atoms with Crippen molar-refractivity contribution in [2.24, 2.45) is 0 Å². The first-order valence-electron chi connectivity index (χ1n) is 7.87. The lowest BCUT2D eigenvalue weighted by molar-refractivity contribution is -0.0980. The van der Waals surface area contributed by atoms with Crippen molar-refractivity contribution in [3.63, 3.8) is 0 Å². The van der Waals surface area contributed by atoms with Gasteiger partial charge in [0.1, 0.15) is 0 Å². The molecule has 1 aromatic carbocycles. The number of hydrogen-bond donors (Lipinski definition) is 3. The largest absolute Gasteiger partial charge is 0.391 e. The van der Waals surface area contributed by atoms with Crippen LogP contribution in [-0.4, -0.2) is 50.0 Å². The van der Waals surface area contributed by atoms with E-state index in [4.69, 9.17) is 14.6 Å². The highest BCUT2D eigenvalue weighted by atomic mass is 16.7. The summed E-state index contributed by atoms with van der Waals surface area (Å²) >= 11 is 0. The van der Waals surface area contributed by atoms with Crippen molar-refractivity contribution in [2.45, 2.75) is 12.5 Å². The number of aliphatic hydroxyl groups is 1. The Morgan fingerprint density at radius 2 is 2.19 bits per heavy atom. The summed E-state index contributed by atoms with van der Waals surface area (Å²) in [5.41, 5.74) is 0.292. The molecule has 1 saturated heterocycles. The molecule has 134 valence electrons. The van der Waals surface area contributed by atoms with Gasteiger partial charge in [0.2, 0.25) is 5.95 Å². The molecule has 0 saturated carbocycles. The first kappa shape index (κ1) is 16.4. The summed E-state index contributed by atoms with van der Waals surface area (Å²) < 4.78 is 12.3. The quantitative estimate of drug-likeness (QED) is 0.609. The number of ether oxygens (including phenoxy) is 2. The number of nitrogens with zero attached hydrogens (tertiary/aromatic N) is 3. The van der Waals surface area contributed by atoms with E-state index >= 15 is 0 Å². The number of H-pyrrole nitrogens is 1. The summed E-state index contributed by atoms with van der Waals surface area (Å²) in [6.07, 6.45) is 0.0876. The van der Waals surface area contributed by atoms with Crippen LogP contribution in [0, 0.1) is 0 Å². The summed E-state index contributed by atoms with van der Waals surface area (Å²) in [5, 5.41) is 11.7. The zero-order valence-electron chi connectivity index (χ0n) is 13.5. The van der Waals surface area contributed by atoms with Crippen LogP contribution >= 0.6 is 0 Å². The van der Waals surface area contributed by atoms with Crippen LogP contribution in [0.4, 0.5) is 5.95 Å². The molecule has 10 heteroatoms. The molecule has 3 aromatic rings. The molecule has 3 heterocycles. The molecule has 4 rings (SSSR count). The number of imidazole rings is 1. The van der Waals surface area contributed by atoms with Crippen molar-refractivity contribution < 1.29 is 19.4 Å². The van der Waals surface area contributed by atoms with Gasteiger partial charge in [0.05, 0.1) is 19.5 Å². The van der Waals surface area contributed by atoms with Crippen molar-refractivity contribution in [1.82, 2.24) is 19.5 Å². The molecule has 2 aromatic heterocycles. The van der Waals surface area contributed by atoms with Crippen LogP contribution in [0.5, 0.6) is 0 Å². The molecule has 1 amide bonds. The highest BCUT2D eigenvalue weighted by Crippen LogP contribution is 2.23. The van der Waals surface area contributed by atoms with Crippen LogP contribution in [0.3, 0.4) is 0 Å². The lowest BCUT2D eigenvalue weighted by atomic mass is 10.2. The maximum Gasteiger partial charge on any atom is 0.280 e. The SMILES string of the molecule is O=C(Nc1nc2c(ncn2[C@H]2COC(CO)O2)c(=O)[nH]1)c1ccccc1. The molecule has 1 aliphatic heterocycles. The summed E-state index contributed by atoms with van der Waals surface area (Å²) in [6, 6.07) is 8.56. The molecule has 26 heavy (non-hydrogen) atoms. The molecule has 10 nitrogen and oxygen atoms in total. The zero-order valence-corrected chi connectivity index (χ0v) is 13.5. The molecule has 2 atom stereocenters. The lowest BCUT2D eigenvalue weighted by Crippen LogP contribution is -2.20. The van der Waals surface area contributed by atoms with E-state index in [9.17, 15) is 9.59 Å². The minimum Gasteiger partial charge on any atom is -0.391 e. The number of amides is 1. The number of carbonyl (C=O) groups is 1. The van der Waals surface area contributed by atoms with E-state index in [-0.39, 0.29) is 30.3 Å². The first-order chi connectivity index (χ1) is 12.7. The van der Waals surface area contributed by atoms with E-state index in [0.717, 1.165) is 0 Å². The second-order valence-corrected chi connectivity index (χ2v) is 5.59. The molecule has 1 unspecified atom stereocenters. The third kappa shape index (κ3) is 2.96. The topological polar surface area (TPSA) is 131 Å². The van der Waals surface area contributed by atoms with E-state index in [0.29, 0.717) is 5.56 Å². The van der Waals surface area contributed by atoms with Gasteiger partial charge in [-0.2, -0.15) is 4.98 Å². The van der Waals surface area contributed by atoms with Crippen LogP contribution in [0.1, 0.15) is 16.6 Å². The van der Waals surface area contributed by atoms with E-state index in [1.54, 1.807) is 30.3 Å². The summed E-state index contributed by atoms with van der Waals surface area (Å²) in [7, 11) is 0. The van der Waals surface area contributed by atoms with Gasteiger partial charge in [0, 0.05) is 5.56 Å². The van der Waals surface area contributed by atoms with Gasteiger partial charge in [-0.25, -0.2) is 4.98 Å². The Labute approximate surface area is 146 Å². The Kier molecular flexibility index (Phi) is 4.21. The van der Waals surface area contributed by atoms with Gasteiger partial charge in [-0.3, -0.25) is 24.5 Å². The lowest BCUT2D eigenvalue weighted by Gasteiger charge is -2.11. The van der Waals surface area contributed by atoms with Crippen LogP contribution in [0.25, 0.3) is 11.2 Å². The first-order valence-corrected chi connectivity index (χ1v) is 7.87. The number of aromatic nitrogens is 4. The number of fused-ring (bicyclic) bond motifs is 1. The molecular formula is C16H15N5O5. The van der Waals surface area contributed by atoms with Crippen molar-refractivity contribution >= 4 is 23.0 Å². The monoisotopic (exact) mass is 357 g/mol. The number of aromatic amines is 1. The van der Waals surface area contributed by atoms with Gasteiger partial charge in [-0.15, -0.1) is 0 Å². The standard InChI is InChI=1S/C16H15N5O5/c22-6-11-25-7-10(26-11)21-8-17-12-13(21)18-16(20-15(12)24)19-14(23)9-4-2-1-3-5-9/h1-5,8,10-11,22H,6-7H2,(H2,18,19,20,23,24)/t10-,11?/m1/s1. The number of rotatable bonds is 4. The third-order valence-corrected chi connectivity index (χ3v) is 3.89. The van der Waals surface area contributed by atoms with Crippen LogP contribution in [-0.2, 0) is 9.47 Å². The fourth-order valence-electron chi connectivity index (χ4n) is 2.65. The highest BCUT2D eigenvalue weighted by Gasteiger charge is 2.28. The second kappa shape index (κ2) is 6.67. The van der Waals surface area contributed by atoms with Crippen LogP contribution in [0.15, 0.2) is 41.5 Å². The van der Waals surface area contributed by atoms with Crippen molar-refractivity contribution in [2.75, 3.05) is 18.5 Å². The van der Waals surface area contributed by atoms with Crippen LogP contribution < -0.4 is 10.9 Å². The summed E-state index contributed by atoms with van der Waals surface area (Å²) in [6.45, 7) is -0.105. The van der Waals surface area contributed by atoms with Gasteiger partial charge >= 0.3 is 0 Å². The maximum atomic E-state index is 12.3. The van der Waals surface area contributed by atoms with Gasteiger partial charge in [0.15, 0.2) is 23.7 Å². The molecule has 1 fully saturated rings. The molecule has 3 N–H and O–H groups in total. The van der Waals surface area contributed by atoms with Gasteiger partial charge in [-0.05, 0) is 12.1 Å². The number of hydrogen-bond acceptors (Lipinski definition) is 7. The number of carbonyl (C=O) groups excluding carboxylic acids is 1. The zero-order chi connectivity index (χ0) is 18.1. The molecule has 1 aliphatic rings. The maximum absolute atomic E-state index is 12.3. The highest BCUT2D eigenvalue weighted by molar-refractivity contribution is 6.03. The molecule has 0 bridgehead atoms. The fraction of sp³-hybridized carbons (Fsp3) is 0.250. The number of nitrogens with one attached hydrogen (secondary N) is 2. The fourth-order valence-corrected chi connectivity index (χ4v) is 2.65. The predicted molar refractivity (Wildman–Crippen MR) is 89.5 cm³/mol. The average molecular weight is 357 g/mol. The number of aliphatic hydroxyl groups excluding tert-OH is 1. The Hall–Kier alpha value is -3.08. The number of anilines is 1. The molecular weight excluding hydrogens is 342 g/mol. The number of benzene rings is 1. The van der Waals surface area contributed by atoms with E-state index in [1.165, 1.54) is 10.9 Å². The van der Waals surface area contributed by atoms with E-state index in [2.05, 4.69) is 20.3 Å². The van der Waals surface area contributed by atoms with E-state index < -0.39 is 24.0 Å². The van der Waals surface area contributed by atoms with Gasteiger partial charge in [-0.1, -0.05) is 18.2 Å². The average Bonchev–Trinajstić information content (AvgIpc) is 3.29. The molecule has 0 aliphatic carbocycles. The summed E-state index contributed by atoms with van der Waals surface area (Å²) in [4.78, 5) is 35.3. The van der Waals surface area contributed by atoms with Crippen molar-refractivity contribution in [3.05, 3.63) is 52.6 Å². The second-order valence-electron chi connectivity index (χ2n) is 5.59. The third-order valence-electron chi connectivity index (χ3n) is 3.89. The van der Waals surface area contributed by atoms with E-state index in [1.807, 2.05) is 0 Å². The van der Waals surface area contributed by atoms with Crippen molar-refractivity contribution in [3.8, 4) is 0 Å². The van der Waals surface area contributed by atoms with Gasteiger partial charge in [0.25, 0.3) is 11.5 Å². The predicted octanol–water partition coefficient (Wildman–Crippen LogP) is 0.236. The Balaban J connectivity index is 1.66. The molecule has 0 spiro atoms. The minimum absolute atomic E-state index is 0.00396. The Morgan fingerprint density at radius 3 is 2.92 bits per heavy atom. The smallest absolute Gasteiger partial charge is 0.280 e. The minimum atomic E-state index is -0.739. The Morgan fingerprint density at radius 1 is 1.38 bits per heavy atom. The Bertz CT molecular complexity index is 999. The normalized spacial score (nSPS) is 19.7. The van der Waals surface area contributed by atoms with Crippen LogP contribution in [0.2, 0.25) is 0 Å². The molecule has 0 radical (unpaired) electrons. The van der Waals surface area contributed by atoms with Crippen molar-refractivity contribution in [1.29, 1.82) is 0 Å².